The van der Waals surface area contributed by atoms with Crippen LogP contribution in [0.25, 0.3) is 11.0 Å². The van der Waals surface area contributed by atoms with Crippen LogP contribution in [0.2, 0.25) is 0 Å². The second-order valence-electron chi connectivity index (χ2n) is 11.5. The summed E-state index contributed by atoms with van der Waals surface area (Å²) in [5, 5.41) is 5.46. The molecule has 0 spiro atoms. The van der Waals surface area contributed by atoms with Crippen molar-refractivity contribution >= 4 is 16.7 Å². The third-order valence-corrected chi connectivity index (χ3v) is 9.00. The Hall–Kier alpha value is -2.93. The maximum atomic E-state index is 13.6. The summed E-state index contributed by atoms with van der Waals surface area (Å²) >= 11 is 0. The maximum absolute atomic E-state index is 13.6. The average molecular weight is 521 g/mol. The van der Waals surface area contributed by atoms with Crippen molar-refractivity contribution in [2.24, 2.45) is 16.5 Å². The van der Waals surface area contributed by atoms with Crippen LogP contribution in [-0.4, -0.2) is 43.0 Å². The Morgan fingerprint density at radius 1 is 1.16 bits per heavy atom. The van der Waals surface area contributed by atoms with Crippen LogP contribution in [-0.2, 0) is 17.7 Å². The van der Waals surface area contributed by atoms with Crippen molar-refractivity contribution in [3.63, 3.8) is 0 Å². The molecule has 2 aliphatic heterocycles. The van der Waals surface area contributed by atoms with Gasteiger partial charge in [0.05, 0.1) is 17.7 Å². The average Bonchev–Trinajstić information content (AvgIpc) is 3.27. The van der Waals surface area contributed by atoms with E-state index >= 15 is 0 Å². The van der Waals surface area contributed by atoms with E-state index in [1.54, 1.807) is 6.08 Å². The molecule has 2 unspecified atom stereocenters. The molecule has 3 heterocycles. The second-order valence-corrected chi connectivity index (χ2v) is 11.5. The molecule has 1 saturated heterocycles. The zero-order valence-corrected chi connectivity index (χ0v) is 22.4. The molecule has 2 aliphatic carbocycles. The fourth-order valence-corrected chi connectivity index (χ4v) is 6.65. The lowest BCUT2D eigenvalue weighted by molar-refractivity contribution is 0.0785. The van der Waals surface area contributed by atoms with E-state index in [0.29, 0.717) is 18.1 Å². The van der Waals surface area contributed by atoms with Gasteiger partial charge in [0.25, 0.3) is 0 Å². The van der Waals surface area contributed by atoms with Gasteiger partial charge in [-0.2, -0.15) is 0 Å². The van der Waals surface area contributed by atoms with Gasteiger partial charge in [0, 0.05) is 22.4 Å². The maximum Gasteiger partial charge on any atom is 0.339 e. The van der Waals surface area contributed by atoms with Gasteiger partial charge in [-0.3, -0.25) is 0 Å². The number of aryl methyl sites for hydroxylation is 2. The van der Waals surface area contributed by atoms with Gasteiger partial charge < -0.3 is 18.9 Å². The van der Waals surface area contributed by atoms with E-state index in [1.807, 2.05) is 19.1 Å². The predicted octanol–water partition coefficient (Wildman–Crippen LogP) is 6.04. The van der Waals surface area contributed by atoms with Crippen LogP contribution in [0.4, 0.5) is 4.39 Å². The van der Waals surface area contributed by atoms with Crippen molar-refractivity contribution in [1.82, 2.24) is 4.90 Å². The normalized spacial score (nSPS) is 25.5. The molecule has 2 atom stereocenters. The number of nitrogens with zero attached hydrogens (tertiary/aromatic N) is 2. The smallest absolute Gasteiger partial charge is 0.339 e. The molecule has 0 saturated carbocycles. The zero-order valence-electron chi connectivity index (χ0n) is 22.4. The molecule has 1 aromatic heterocycles. The Morgan fingerprint density at radius 3 is 2.76 bits per heavy atom. The predicted molar refractivity (Wildman–Crippen MR) is 147 cm³/mol. The third kappa shape index (κ3) is 4.59. The number of piperidine rings is 1. The van der Waals surface area contributed by atoms with Gasteiger partial charge >= 0.3 is 5.63 Å². The molecule has 0 radical (unpaired) electrons. The number of benzene rings is 1. The summed E-state index contributed by atoms with van der Waals surface area (Å²) in [7, 11) is 0. The van der Waals surface area contributed by atoms with Gasteiger partial charge in [-0.15, -0.1) is 0 Å². The van der Waals surface area contributed by atoms with Crippen molar-refractivity contribution in [1.29, 1.82) is 0 Å². The van der Waals surface area contributed by atoms with Crippen LogP contribution in [0.5, 0.6) is 5.75 Å². The minimum absolute atomic E-state index is 0.182. The molecule has 2 aromatic rings. The highest BCUT2D eigenvalue weighted by Gasteiger charge is 2.47. The molecule has 0 bridgehead atoms. The largest absolute Gasteiger partial charge is 0.493 e. The number of fused-ring (bicyclic) bond motifs is 4. The number of hydrogen-bond donors (Lipinski definition) is 0. The fourth-order valence-electron chi connectivity index (χ4n) is 6.65. The van der Waals surface area contributed by atoms with Crippen molar-refractivity contribution in [3.8, 4) is 5.75 Å². The number of hydrogen-bond acceptors (Lipinski definition) is 6. The summed E-state index contributed by atoms with van der Waals surface area (Å²) in [5.74, 6) is 0.934. The lowest BCUT2D eigenvalue weighted by Gasteiger charge is -2.36. The number of rotatable bonds is 7. The van der Waals surface area contributed by atoms with E-state index in [2.05, 4.69) is 23.0 Å². The summed E-state index contributed by atoms with van der Waals surface area (Å²) in [4.78, 5) is 20.6. The molecule has 1 aromatic carbocycles. The van der Waals surface area contributed by atoms with Gasteiger partial charge in [0.15, 0.2) is 6.10 Å². The quantitative estimate of drug-likeness (QED) is 0.329. The summed E-state index contributed by atoms with van der Waals surface area (Å²) in [6.45, 7) is 7.84. The number of oxime groups is 1. The first-order chi connectivity index (χ1) is 18.4. The third-order valence-electron chi connectivity index (χ3n) is 9.00. The highest BCUT2D eigenvalue weighted by Crippen LogP contribution is 2.43. The second kappa shape index (κ2) is 10.3. The number of likely N-dealkylation sites (tertiary alicyclic amines) is 1. The molecule has 4 aliphatic rings. The van der Waals surface area contributed by atoms with E-state index in [1.165, 1.54) is 11.6 Å². The molecule has 38 heavy (non-hydrogen) atoms. The van der Waals surface area contributed by atoms with Crippen molar-refractivity contribution in [3.05, 3.63) is 63.3 Å². The Morgan fingerprint density at radius 2 is 1.95 bits per heavy atom. The van der Waals surface area contributed by atoms with Crippen LogP contribution in [0.3, 0.4) is 0 Å². The molecule has 0 amide bonds. The highest BCUT2D eigenvalue weighted by molar-refractivity contribution is 5.95. The number of ether oxygens (including phenoxy) is 1. The molecule has 6 nitrogen and oxygen atoms in total. The van der Waals surface area contributed by atoms with Gasteiger partial charge in [-0.25, -0.2) is 9.18 Å². The molecule has 7 heteroatoms. The molecule has 0 N–H and O–H groups in total. The standard InChI is InChI=1S/C31H37FN2O4/c1-20-26(10-9-24-23-7-3-4-8-25(23)30(35)37-28(20)24)36-18-6-5-15-34-16-12-21(13-17-34)29-31(2)14-11-22(32)19-27(31)38-33-29/h9-11,14,19,21,27H,3-8,12-13,15-18H2,1-2H3. The Kier molecular flexibility index (Phi) is 6.89. The minimum Gasteiger partial charge on any atom is -0.493 e. The lowest BCUT2D eigenvalue weighted by atomic mass is 9.71. The summed E-state index contributed by atoms with van der Waals surface area (Å²) < 4.78 is 25.5. The van der Waals surface area contributed by atoms with E-state index < -0.39 is 0 Å². The monoisotopic (exact) mass is 520 g/mol. The number of halogens is 1. The van der Waals surface area contributed by atoms with E-state index in [0.717, 1.165) is 99.0 Å². The topological polar surface area (TPSA) is 64.3 Å². The Balaban J connectivity index is 0.974. The van der Waals surface area contributed by atoms with Crippen molar-refractivity contribution in [2.45, 2.75) is 71.3 Å². The molecule has 202 valence electrons. The first kappa shape index (κ1) is 25.4. The SMILES string of the molecule is Cc1c(OCCCCN2CCC(C3=NOC4C=C(F)C=CC34C)CC2)ccc2c3c(c(=O)oc12)CCCC3. The van der Waals surface area contributed by atoms with Crippen LogP contribution in [0.15, 0.2) is 50.6 Å². The lowest BCUT2D eigenvalue weighted by Crippen LogP contribution is -2.43. The van der Waals surface area contributed by atoms with Gasteiger partial charge in [-0.05, 0) is 115 Å². The first-order valence-corrected chi connectivity index (χ1v) is 14.2. The molecular formula is C31H37FN2O4. The van der Waals surface area contributed by atoms with E-state index in [4.69, 9.17) is 14.0 Å². The van der Waals surface area contributed by atoms with Crippen LogP contribution in [0, 0.1) is 18.3 Å². The van der Waals surface area contributed by atoms with Crippen LogP contribution in [0.1, 0.15) is 62.1 Å². The highest BCUT2D eigenvalue weighted by atomic mass is 19.1. The van der Waals surface area contributed by atoms with E-state index in [9.17, 15) is 9.18 Å². The van der Waals surface area contributed by atoms with Crippen molar-refractivity contribution in [2.75, 3.05) is 26.2 Å². The van der Waals surface area contributed by atoms with Crippen LogP contribution >= 0.6 is 0 Å². The molecular weight excluding hydrogens is 483 g/mol. The fraction of sp³-hybridized carbons (Fsp3) is 0.548. The summed E-state index contributed by atoms with van der Waals surface area (Å²) in [6, 6.07) is 4.09. The number of allylic oxidation sites excluding steroid dienone is 2. The minimum atomic E-state index is -0.331. The summed E-state index contributed by atoms with van der Waals surface area (Å²) in [6.07, 6.45) is 12.8. The number of unbranched alkanes of at least 4 members (excludes halogenated alkanes) is 1. The first-order valence-electron chi connectivity index (χ1n) is 14.2. The Bertz CT molecular complexity index is 1370. The zero-order chi connectivity index (χ0) is 26.3. The van der Waals surface area contributed by atoms with Crippen molar-refractivity contribution < 1.29 is 18.4 Å². The van der Waals surface area contributed by atoms with Gasteiger partial charge in [0.1, 0.15) is 17.2 Å². The van der Waals surface area contributed by atoms with Crippen LogP contribution < -0.4 is 10.4 Å². The molecule has 6 rings (SSSR count). The Labute approximate surface area is 223 Å². The molecule has 1 fully saturated rings. The van der Waals surface area contributed by atoms with E-state index in [-0.39, 0.29) is 23.0 Å². The van der Waals surface area contributed by atoms with Gasteiger partial charge in [0.2, 0.25) is 0 Å². The summed E-state index contributed by atoms with van der Waals surface area (Å²) in [5.41, 5.74) is 4.18. The van der Waals surface area contributed by atoms with Gasteiger partial charge in [-0.1, -0.05) is 11.2 Å².